The van der Waals surface area contributed by atoms with Gasteiger partial charge in [-0.2, -0.15) is 0 Å². The standard InChI is InChI=1S/C34H36N2O2/c1(3-5-27-37-33-15-11-29(12-16-33)7-9-31-19-23-35-24-20-31)2-4-6-28-38-34-17-13-30(14-18-34)8-10-32-21-25-36-26-22-32/h7-26H,1-6,27-28H2/b9-7+,10-8+. The summed E-state index contributed by atoms with van der Waals surface area (Å²) in [7, 11) is 0. The molecule has 0 N–H and O–H groups in total. The van der Waals surface area contributed by atoms with Crippen molar-refractivity contribution in [1.29, 1.82) is 0 Å². The Morgan fingerprint density at radius 3 is 1.08 bits per heavy atom. The molecule has 0 aliphatic heterocycles. The summed E-state index contributed by atoms with van der Waals surface area (Å²) in [6, 6.07) is 24.5. The Labute approximate surface area is 226 Å². The lowest BCUT2D eigenvalue weighted by Crippen LogP contribution is -1.98. The fourth-order valence-electron chi connectivity index (χ4n) is 3.98. The average Bonchev–Trinajstić information content (AvgIpc) is 2.98. The summed E-state index contributed by atoms with van der Waals surface area (Å²) < 4.78 is 11.8. The fraction of sp³-hybridized carbons (Fsp3) is 0.235. The highest BCUT2D eigenvalue weighted by molar-refractivity contribution is 5.70. The summed E-state index contributed by atoms with van der Waals surface area (Å²) in [4.78, 5) is 8.08. The van der Waals surface area contributed by atoms with Crippen molar-refractivity contribution in [3.05, 3.63) is 120 Å². The third-order valence-corrected chi connectivity index (χ3v) is 6.19. The van der Waals surface area contributed by atoms with Crippen molar-refractivity contribution in [1.82, 2.24) is 9.97 Å². The topological polar surface area (TPSA) is 44.2 Å². The molecule has 0 amide bonds. The minimum Gasteiger partial charge on any atom is -0.494 e. The first-order valence-electron chi connectivity index (χ1n) is 13.5. The van der Waals surface area contributed by atoms with E-state index in [9.17, 15) is 0 Å². The van der Waals surface area contributed by atoms with Crippen LogP contribution < -0.4 is 9.47 Å². The van der Waals surface area contributed by atoms with Crippen LogP contribution in [0.3, 0.4) is 0 Å². The molecule has 2 heterocycles. The van der Waals surface area contributed by atoms with Crippen LogP contribution >= 0.6 is 0 Å². The Morgan fingerprint density at radius 2 is 0.711 bits per heavy atom. The molecule has 194 valence electrons. The van der Waals surface area contributed by atoms with E-state index in [1.54, 1.807) is 24.8 Å². The van der Waals surface area contributed by atoms with Crippen LogP contribution in [0.5, 0.6) is 11.5 Å². The molecule has 0 saturated carbocycles. The van der Waals surface area contributed by atoms with Crippen LogP contribution in [0, 0.1) is 0 Å². The molecule has 0 aliphatic rings. The van der Waals surface area contributed by atoms with Crippen molar-refractivity contribution in [2.24, 2.45) is 0 Å². The molecule has 4 aromatic rings. The predicted octanol–water partition coefficient (Wildman–Crippen LogP) is 8.62. The van der Waals surface area contributed by atoms with Gasteiger partial charge in [-0.1, -0.05) is 74.3 Å². The molecule has 4 heteroatoms. The third-order valence-electron chi connectivity index (χ3n) is 6.19. The number of hydrogen-bond donors (Lipinski definition) is 0. The predicted molar refractivity (Wildman–Crippen MR) is 158 cm³/mol. The van der Waals surface area contributed by atoms with E-state index in [1.807, 2.05) is 48.5 Å². The van der Waals surface area contributed by atoms with E-state index in [2.05, 4.69) is 58.5 Å². The van der Waals surface area contributed by atoms with Gasteiger partial charge in [0.25, 0.3) is 0 Å². The fourth-order valence-corrected chi connectivity index (χ4v) is 3.98. The van der Waals surface area contributed by atoms with Crippen molar-refractivity contribution in [3.63, 3.8) is 0 Å². The van der Waals surface area contributed by atoms with Crippen LogP contribution in [-0.2, 0) is 0 Å². The molecule has 0 aliphatic carbocycles. The quantitative estimate of drug-likeness (QED) is 0.152. The van der Waals surface area contributed by atoms with Crippen LogP contribution in [0.4, 0.5) is 0 Å². The molecule has 0 unspecified atom stereocenters. The van der Waals surface area contributed by atoms with Gasteiger partial charge in [-0.3, -0.25) is 9.97 Å². The Bertz CT molecular complexity index is 1130. The van der Waals surface area contributed by atoms with Gasteiger partial charge in [-0.15, -0.1) is 0 Å². The number of pyridine rings is 2. The van der Waals surface area contributed by atoms with Gasteiger partial charge in [0.15, 0.2) is 0 Å². The molecule has 0 atom stereocenters. The average molecular weight is 505 g/mol. The summed E-state index contributed by atoms with van der Waals surface area (Å²) in [5.74, 6) is 1.86. The first-order chi connectivity index (χ1) is 18.8. The molecule has 0 bridgehead atoms. The van der Waals surface area contributed by atoms with Crippen molar-refractivity contribution in [2.75, 3.05) is 13.2 Å². The molecular weight excluding hydrogens is 468 g/mol. The van der Waals surface area contributed by atoms with Gasteiger partial charge in [0, 0.05) is 24.8 Å². The first-order valence-corrected chi connectivity index (χ1v) is 13.5. The molecule has 2 aromatic heterocycles. The van der Waals surface area contributed by atoms with E-state index in [4.69, 9.17) is 9.47 Å². The number of ether oxygens (including phenoxy) is 2. The van der Waals surface area contributed by atoms with Crippen LogP contribution in [0.1, 0.15) is 60.8 Å². The van der Waals surface area contributed by atoms with E-state index in [-0.39, 0.29) is 0 Å². The third kappa shape index (κ3) is 10.1. The van der Waals surface area contributed by atoms with Crippen molar-refractivity contribution in [3.8, 4) is 11.5 Å². The summed E-state index contributed by atoms with van der Waals surface area (Å²) in [5, 5.41) is 0. The number of hydrogen-bond acceptors (Lipinski definition) is 4. The highest BCUT2D eigenvalue weighted by Crippen LogP contribution is 2.17. The van der Waals surface area contributed by atoms with E-state index in [0.29, 0.717) is 0 Å². The SMILES string of the molecule is C(=C\c1ccc(OCCCCCCCCOc2ccc(/C=C/c3ccncc3)cc2)cc1)/c1ccncc1. The Balaban J connectivity index is 1.00. The van der Waals surface area contributed by atoms with E-state index in [1.165, 1.54) is 25.7 Å². The largest absolute Gasteiger partial charge is 0.494 e. The zero-order valence-electron chi connectivity index (χ0n) is 21.9. The highest BCUT2D eigenvalue weighted by atomic mass is 16.5. The van der Waals surface area contributed by atoms with E-state index >= 15 is 0 Å². The Hall–Kier alpha value is -4.18. The Kier molecular flexibility index (Phi) is 11.2. The molecule has 0 fully saturated rings. The van der Waals surface area contributed by atoms with Gasteiger partial charge in [0.1, 0.15) is 11.5 Å². The zero-order valence-corrected chi connectivity index (χ0v) is 21.9. The molecular formula is C34H36N2O2. The maximum atomic E-state index is 5.90. The number of rotatable bonds is 15. The normalized spacial score (nSPS) is 11.3. The highest BCUT2D eigenvalue weighted by Gasteiger charge is 1.98. The molecule has 4 rings (SSSR count). The first kappa shape index (κ1) is 26.9. The molecule has 38 heavy (non-hydrogen) atoms. The van der Waals surface area contributed by atoms with Gasteiger partial charge in [0.05, 0.1) is 13.2 Å². The summed E-state index contributed by atoms with van der Waals surface area (Å²) in [6.45, 7) is 1.53. The van der Waals surface area contributed by atoms with Gasteiger partial charge in [-0.05, 0) is 83.6 Å². The number of nitrogens with zero attached hydrogens (tertiary/aromatic N) is 2. The van der Waals surface area contributed by atoms with Crippen molar-refractivity contribution >= 4 is 24.3 Å². The van der Waals surface area contributed by atoms with Gasteiger partial charge in [0.2, 0.25) is 0 Å². The summed E-state index contributed by atoms with van der Waals surface area (Å²) in [5.41, 5.74) is 4.60. The Morgan fingerprint density at radius 1 is 0.395 bits per heavy atom. The van der Waals surface area contributed by atoms with Gasteiger partial charge in [-0.25, -0.2) is 0 Å². The minimum atomic E-state index is 0.767. The van der Waals surface area contributed by atoms with Crippen molar-refractivity contribution < 1.29 is 9.47 Å². The molecule has 0 saturated heterocycles. The molecule has 4 nitrogen and oxygen atoms in total. The maximum Gasteiger partial charge on any atom is 0.119 e. The smallest absolute Gasteiger partial charge is 0.119 e. The maximum absolute atomic E-state index is 5.90. The second-order valence-corrected chi connectivity index (χ2v) is 9.18. The molecule has 0 spiro atoms. The number of benzene rings is 2. The number of unbranched alkanes of at least 4 members (excludes halogenated alkanes) is 5. The summed E-state index contributed by atoms with van der Waals surface area (Å²) in [6.07, 6.45) is 22.6. The second-order valence-electron chi connectivity index (χ2n) is 9.18. The van der Waals surface area contributed by atoms with Crippen LogP contribution in [0.15, 0.2) is 97.6 Å². The lowest BCUT2D eigenvalue weighted by atomic mass is 10.1. The van der Waals surface area contributed by atoms with Crippen molar-refractivity contribution in [2.45, 2.75) is 38.5 Å². The zero-order chi connectivity index (χ0) is 26.1. The second kappa shape index (κ2) is 15.8. The lowest BCUT2D eigenvalue weighted by Gasteiger charge is -2.07. The molecule has 0 radical (unpaired) electrons. The van der Waals surface area contributed by atoms with Gasteiger partial charge < -0.3 is 9.47 Å². The number of aromatic nitrogens is 2. The van der Waals surface area contributed by atoms with Crippen LogP contribution in [0.25, 0.3) is 24.3 Å². The summed E-state index contributed by atoms with van der Waals surface area (Å²) >= 11 is 0. The van der Waals surface area contributed by atoms with Crippen LogP contribution in [-0.4, -0.2) is 23.2 Å². The van der Waals surface area contributed by atoms with Gasteiger partial charge >= 0.3 is 0 Å². The van der Waals surface area contributed by atoms with Crippen LogP contribution in [0.2, 0.25) is 0 Å². The monoisotopic (exact) mass is 504 g/mol. The lowest BCUT2D eigenvalue weighted by molar-refractivity contribution is 0.297. The molecule has 2 aromatic carbocycles. The van der Waals surface area contributed by atoms with E-state index < -0.39 is 0 Å². The minimum absolute atomic E-state index is 0.767. The van der Waals surface area contributed by atoms with E-state index in [0.717, 1.165) is 59.8 Å².